The van der Waals surface area contributed by atoms with E-state index >= 15 is 0 Å². The van der Waals surface area contributed by atoms with Gasteiger partial charge in [0.1, 0.15) is 23.9 Å². The van der Waals surface area contributed by atoms with Crippen LogP contribution in [0.15, 0.2) is 85.0 Å². The van der Waals surface area contributed by atoms with E-state index in [1.165, 1.54) is 16.2 Å². The number of hydrogen-bond donors (Lipinski definition) is 1. The maximum Gasteiger partial charge on any atom is 0.301 e. The highest BCUT2D eigenvalue weighted by molar-refractivity contribution is 7.22. The highest BCUT2D eigenvalue weighted by atomic mass is 35.5. The van der Waals surface area contributed by atoms with Gasteiger partial charge in [0.2, 0.25) is 0 Å². The van der Waals surface area contributed by atoms with Crippen molar-refractivity contribution in [2.24, 2.45) is 0 Å². The van der Waals surface area contributed by atoms with Crippen LogP contribution in [0.4, 0.5) is 5.13 Å². The molecule has 192 valence electrons. The van der Waals surface area contributed by atoms with Crippen molar-refractivity contribution in [2.45, 2.75) is 13.0 Å². The van der Waals surface area contributed by atoms with Crippen molar-refractivity contribution in [1.82, 2.24) is 4.98 Å². The van der Waals surface area contributed by atoms with Crippen LogP contribution in [-0.2, 0) is 9.59 Å². The monoisotopic (exact) mass is 546 g/mol. The van der Waals surface area contributed by atoms with Crippen molar-refractivity contribution in [3.8, 4) is 11.5 Å². The van der Waals surface area contributed by atoms with Crippen LogP contribution >= 0.6 is 22.9 Å². The molecule has 3 aromatic carbocycles. The molecule has 0 spiro atoms. The van der Waals surface area contributed by atoms with Gasteiger partial charge in [0.15, 0.2) is 5.13 Å². The van der Waals surface area contributed by atoms with Gasteiger partial charge >= 0.3 is 5.91 Å². The number of carbonyl (C=O) groups excluding carboxylic acids is 2. The number of nitrogens with zero attached hydrogens (tertiary/aromatic N) is 2. The van der Waals surface area contributed by atoms with E-state index in [0.29, 0.717) is 44.9 Å². The third-order valence-corrected chi connectivity index (χ3v) is 7.24. The zero-order chi connectivity index (χ0) is 26.8. The number of halogens is 1. The molecule has 38 heavy (non-hydrogen) atoms. The number of aliphatic hydroxyl groups excluding tert-OH is 1. The van der Waals surface area contributed by atoms with Gasteiger partial charge in [0, 0.05) is 10.6 Å². The van der Waals surface area contributed by atoms with E-state index in [0.717, 1.165) is 4.70 Å². The second-order valence-electron chi connectivity index (χ2n) is 8.41. The minimum atomic E-state index is -0.940. The van der Waals surface area contributed by atoms with Crippen molar-refractivity contribution in [3.05, 3.63) is 101 Å². The van der Waals surface area contributed by atoms with Crippen molar-refractivity contribution in [2.75, 3.05) is 18.1 Å². The number of hydrogen-bond acceptors (Lipinski definition) is 7. The highest BCUT2D eigenvalue weighted by Gasteiger charge is 2.48. The molecule has 1 aliphatic heterocycles. The molecule has 2 heterocycles. The SMILES string of the molecule is C=CCOc1cccc(C2/C(=C(\O)c3ccc(Cl)cc3)C(=O)C(=O)N2c2nc3ccc(OCC)cc3s2)c1. The predicted octanol–water partition coefficient (Wildman–Crippen LogP) is 6.54. The molecule has 1 amide bonds. The zero-order valence-corrected chi connectivity index (χ0v) is 22.0. The van der Waals surface area contributed by atoms with Gasteiger partial charge in [0.25, 0.3) is 5.78 Å². The Kier molecular flexibility index (Phi) is 7.18. The molecule has 0 bridgehead atoms. The van der Waals surface area contributed by atoms with Crippen LogP contribution in [-0.4, -0.2) is 35.0 Å². The molecule has 9 heteroatoms. The van der Waals surface area contributed by atoms with E-state index in [4.69, 9.17) is 21.1 Å². The summed E-state index contributed by atoms with van der Waals surface area (Å²) in [7, 11) is 0. The van der Waals surface area contributed by atoms with E-state index in [1.807, 2.05) is 25.1 Å². The molecule has 1 aromatic heterocycles. The normalized spacial score (nSPS) is 16.7. The average Bonchev–Trinajstić information content (AvgIpc) is 3.45. The zero-order valence-electron chi connectivity index (χ0n) is 20.4. The van der Waals surface area contributed by atoms with E-state index in [-0.39, 0.29) is 17.9 Å². The minimum Gasteiger partial charge on any atom is -0.507 e. The van der Waals surface area contributed by atoms with E-state index < -0.39 is 17.7 Å². The Morgan fingerprint density at radius 3 is 2.61 bits per heavy atom. The lowest BCUT2D eigenvalue weighted by molar-refractivity contribution is -0.132. The lowest BCUT2D eigenvalue weighted by Gasteiger charge is -2.23. The topological polar surface area (TPSA) is 89.0 Å². The first-order valence-electron chi connectivity index (χ1n) is 11.8. The van der Waals surface area contributed by atoms with Crippen molar-refractivity contribution in [1.29, 1.82) is 0 Å². The van der Waals surface area contributed by atoms with Crippen molar-refractivity contribution < 1.29 is 24.2 Å². The number of fused-ring (bicyclic) bond motifs is 1. The Morgan fingerprint density at radius 2 is 1.87 bits per heavy atom. The maximum absolute atomic E-state index is 13.5. The number of benzene rings is 3. The van der Waals surface area contributed by atoms with Crippen LogP contribution in [0.2, 0.25) is 5.02 Å². The Balaban J connectivity index is 1.68. The largest absolute Gasteiger partial charge is 0.507 e. The average molecular weight is 547 g/mol. The molecule has 0 radical (unpaired) electrons. The third-order valence-electron chi connectivity index (χ3n) is 5.97. The Bertz CT molecular complexity index is 1580. The fraction of sp³-hybridized carbons (Fsp3) is 0.138. The molecular formula is C29H23ClN2O5S. The predicted molar refractivity (Wildman–Crippen MR) is 149 cm³/mol. The van der Waals surface area contributed by atoms with Gasteiger partial charge < -0.3 is 14.6 Å². The van der Waals surface area contributed by atoms with Gasteiger partial charge in [-0.2, -0.15) is 0 Å². The van der Waals surface area contributed by atoms with Gasteiger partial charge in [0.05, 0.1) is 28.4 Å². The van der Waals surface area contributed by atoms with Crippen molar-refractivity contribution in [3.63, 3.8) is 0 Å². The molecule has 4 aromatic rings. The summed E-state index contributed by atoms with van der Waals surface area (Å²) < 4.78 is 12.1. The summed E-state index contributed by atoms with van der Waals surface area (Å²) in [6.45, 7) is 6.37. The molecule has 1 fully saturated rings. The number of carbonyl (C=O) groups is 2. The fourth-order valence-electron chi connectivity index (χ4n) is 4.29. The Hall–Kier alpha value is -4.14. The summed E-state index contributed by atoms with van der Waals surface area (Å²) in [6, 6.07) is 18.0. The molecule has 1 atom stereocenters. The molecule has 0 aliphatic carbocycles. The molecular weight excluding hydrogens is 524 g/mol. The van der Waals surface area contributed by atoms with Gasteiger partial charge in [-0.15, -0.1) is 0 Å². The summed E-state index contributed by atoms with van der Waals surface area (Å²) >= 11 is 7.28. The Morgan fingerprint density at radius 1 is 1.11 bits per heavy atom. The second-order valence-corrected chi connectivity index (χ2v) is 9.85. The van der Waals surface area contributed by atoms with Crippen LogP contribution < -0.4 is 14.4 Å². The number of anilines is 1. The highest BCUT2D eigenvalue weighted by Crippen LogP contribution is 2.45. The van der Waals surface area contributed by atoms with Crippen LogP contribution in [0, 0.1) is 0 Å². The second kappa shape index (κ2) is 10.7. The number of aliphatic hydroxyl groups is 1. The first kappa shape index (κ1) is 25.5. The summed E-state index contributed by atoms with van der Waals surface area (Å²) in [4.78, 5) is 32.9. The molecule has 1 unspecified atom stereocenters. The van der Waals surface area contributed by atoms with Gasteiger partial charge in [-0.05, 0) is 67.1 Å². The van der Waals surface area contributed by atoms with E-state index in [9.17, 15) is 14.7 Å². The quantitative estimate of drug-likeness (QED) is 0.117. The maximum atomic E-state index is 13.5. The molecule has 7 nitrogen and oxygen atoms in total. The van der Waals surface area contributed by atoms with Crippen LogP contribution in [0.25, 0.3) is 16.0 Å². The standard InChI is InChI=1S/C29H23ClN2O5S/c1-3-14-37-20-7-5-6-18(15-20)25-24(26(33)17-8-10-19(30)11-9-17)27(34)28(35)32(25)29-31-22-13-12-21(36-4-2)16-23(22)38-29/h3,5-13,15-16,25,33H,1,4,14H2,2H3/b26-24+. The van der Waals surface area contributed by atoms with E-state index in [1.54, 1.807) is 54.6 Å². The molecule has 1 saturated heterocycles. The van der Waals surface area contributed by atoms with E-state index in [2.05, 4.69) is 11.6 Å². The Labute approximate surface area is 228 Å². The van der Waals surface area contributed by atoms with Crippen LogP contribution in [0.1, 0.15) is 24.1 Å². The lowest BCUT2D eigenvalue weighted by Crippen LogP contribution is -2.29. The molecule has 5 rings (SSSR count). The fourth-order valence-corrected chi connectivity index (χ4v) is 5.44. The van der Waals surface area contributed by atoms with Gasteiger partial charge in [-0.1, -0.05) is 47.7 Å². The smallest absolute Gasteiger partial charge is 0.301 e. The number of ether oxygens (including phenoxy) is 2. The van der Waals surface area contributed by atoms with Crippen LogP contribution in [0.5, 0.6) is 11.5 Å². The summed E-state index contributed by atoms with van der Waals surface area (Å²) in [5.74, 6) is -0.681. The van der Waals surface area contributed by atoms with Crippen LogP contribution in [0.3, 0.4) is 0 Å². The molecule has 0 saturated carbocycles. The number of amides is 1. The summed E-state index contributed by atoms with van der Waals surface area (Å²) in [6.07, 6.45) is 1.62. The summed E-state index contributed by atoms with van der Waals surface area (Å²) in [5, 5.41) is 12.1. The lowest BCUT2D eigenvalue weighted by atomic mass is 9.95. The molecule has 1 aliphatic rings. The summed E-state index contributed by atoms with van der Waals surface area (Å²) in [5.41, 5.74) is 1.56. The molecule has 1 N–H and O–H groups in total. The third kappa shape index (κ3) is 4.76. The van der Waals surface area contributed by atoms with Gasteiger partial charge in [-0.3, -0.25) is 14.5 Å². The minimum absolute atomic E-state index is 0.0487. The number of ketones is 1. The number of Topliss-reactive ketones (excluding diaryl/α,β-unsaturated/α-hetero) is 1. The van der Waals surface area contributed by atoms with Crippen molar-refractivity contribution >= 4 is 55.7 Å². The van der Waals surface area contributed by atoms with Gasteiger partial charge in [-0.25, -0.2) is 4.98 Å². The first-order chi connectivity index (χ1) is 18.4. The number of thiazole rings is 1. The number of aromatic nitrogens is 1. The number of rotatable bonds is 8. The first-order valence-corrected chi connectivity index (χ1v) is 13.0.